The van der Waals surface area contributed by atoms with Gasteiger partial charge in [-0.2, -0.15) is 0 Å². The van der Waals surface area contributed by atoms with Crippen LogP contribution in [0, 0.1) is 13.8 Å². The Balaban J connectivity index is 1.84. The summed E-state index contributed by atoms with van der Waals surface area (Å²) in [4.78, 5) is 28.0. The fraction of sp³-hybridized carbons (Fsp3) is 0.407. The van der Waals surface area contributed by atoms with Crippen molar-refractivity contribution in [3.63, 3.8) is 0 Å². The molecule has 0 aliphatic carbocycles. The molecular formula is C27H34N2O4. The van der Waals surface area contributed by atoms with Gasteiger partial charge >= 0.3 is 0 Å². The molecule has 176 valence electrons. The summed E-state index contributed by atoms with van der Waals surface area (Å²) < 4.78 is 11.1. The smallest absolute Gasteiger partial charge is 0.278 e. The lowest BCUT2D eigenvalue weighted by atomic mass is 9.99. The van der Waals surface area contributed by atoms with Crippen LogP contribution in [0.15, 0.2) is 48.2 Å². The van der Waals surface area contributed by atoms with Crippen LogP contribution in [0.2, 0.25) is 0 Å². The van der Waals surface area contributed by atoms with E-state index in [0.717, 1.165) is 41.0 Å². The number of rotatable bonds is 12. The van der Waals surface area contributed by atoms with Gasteiger partial charge in [-0.15, -0.1) is 0 Å². The molecule has 0 bridgehead atoms. The summed E-state index contributed by atoms with van der Waals surface area (Å²) in [6.07, 6.45) is 2.70. The van der Waals surface area contributed by atoms with Crippen LogP contribution in [-0.4, -0.2) is 43.1 Å². The normalized spacial score (nSPS) is 13.8. The zero-order valence-corrected chi connectivity index (χ0v) is 20.1. The molecule has 0 saturated heterocycles. The van der Waals surface area contributed by atoms with E-state index in [-0.39, 0.29) is 11.8 Å². The van der Waals surface area contributed by atoms with Gasteiger partial charge in [0.1, 0.15) is 11.4 Å². The van der Waals surface area contributed by atoms with Crippen molar-refractivity contribution in [1.29, 1.82) is 0 Å². The van der Waals surface area contributed by atoms with E-state index in [4.69, 9.17) is 9.47 Å². The summed E-state index contributed by atoms with van der Waals surface area (Å²) >= 11 is 0. The van der Waals surface area contributed by atoms with E-state index < -0.39 is 0 Å². The molecule has 6 nitrogen and oxygen atoms in total. The summed E-state index contributed by atoms with van der Waals surface area (Å²) in [6, 6.07) is 13.2. The summed E-state index contributed by atoms with van der Waals surface area (Å²) in [5.41, 5.74) is 4.39. The number of hydrogen-bond acceptors (Lipinski definition) is 5. The number of aryl methyl sites for hydroxylation is 2. The third kappa shape index (κ3) is 6.02. The maximum atomic E-state index is 13.4. The van der Waals surface area contributed by atoms with Crippen LogP contribution in [0.1, 0.15) is 49.8 Å². The molecule has 0 aromatic heterocycles. The Labute approximate surface area is 196 Å². The first-order valence-corrected chi connectivity index (χ1v) is 11.7. The third-order valence-corrected chi connectivity index (χ3v) is 5.71. The van der Waals surface area contributed by atoms with Crippen molar-refractivity contribution in [2.75, 3.05) is 31.7 Å². The zero-order valence-electron chi connectivity index (χ0n) is 20.1. The molecule has 0 saturated carbocycles. The highest BCUT2D eigenvalue weighted by atomic mass is 16.5. The molecular weight excluding hydrogens is 416 g/mol. The van der Waals surface area contributed by atoms with Gasteiger partial charge in [-0.1, -0.05) is 31.5 Å². The van der Waals surface area contributed by atoms with Crippen LogP contribution < -0.4 is 10.1 Å². The number of hydrogen-bond donors (Lipinski definition) is 1. The van der Waals surface area contributed by atoms with Crippen molar-refractivity contribution in [3.05, 3.63) is 64.9 Å². The Kier molecular flexibility index (Phi) is 8.66. The van der Waals surface area contributed by atoms with Crippen LogP contribution in [0.5, 0.6) is 5.75 Å². The van der Waals surface area contributed by atoms with Crippen molar-refractivity contribution in [3.8, 4) is 5.75 Å². The Morgan fingerprint density at radius 3 is 2.27 bits per heavy atom. The average molecular weight is 451 g/mol. The molecule has 0 radical (unpaired) electrons. The molecule has 0 fully saturated rings. The fourth-order valence-corrected chi connectivity index (χ4v) is 3.68. The number of carbonyl (C=O) groups excluding carboxylic acids is 2. The number of imide groups is 1. The predicted octanol–water partition coefficient (Wildman–Crippen LogP) is 5.10. The van der Waals surface area contributed by atoms with Gasteiger partial charge in [-0.05, 0) is 74.6 Å². The van der Waals surface area contributed by atoms with E-state index in [9.17, 15) is 9.59 Å². The zero-order chi connectivity index (χ0) is 23.8. The Hall–Kier alpha value is -3.12. The summed E-state index contributed by atoms with van der Waals surface area (Å²) in [7, 11) is 0. The minimum atomic E-state index is -0.310. The predicted molar refractivity (Wildman–Crippen MR) is 131 cm³/mol. The molecule has 1 heterocycles. The van der Waals surface area contributed by atoms with Crippen LogP contribution >= 0.6 is 0 Å². The van der Waals surface area contributed by atoms with Gasteiger partial charge < -0.3 is 14.8 Å². The molecule has 1 aliphatic heterocycles. The molecule has 0 spiro atoms. The third-order valence-electron chi connectivity index (χ3n) is 5.71. The maximum absolute atomic E-state index is 13.4. The van der Waals surface area contributed by atoms with E-state index in [1.807, 2.05) is 63.2 Å². The van der Waals surface area contributed by atoms with Crippen LogP contribution in [0.4, 0.5) is 5.69 Å². The molecule has 2 aromatic rings. The van der Waals surface area contributed by atoms with Gasteiger partial charge in [-0.25, -0.2) is 0 Å². The van der Waals surface area contributed by atoms with Crippen molar-refractivity contribution >= 4 is 23.1 Å². The van der Waals surface area contributed by atoms with E-state index in [0.29, 0.717) is 44.1 Å². The summed E-state index contributed by atoms with van der Waals surface area (Å²) in [6.45, 7) is 10.2. The van der Waals surface area contributed by atoms with Crippen molar-refractivity contribution in [2.45, 2.75) is 47.0 Å². The number of ether oxygens (including phenoxy) is 2. The Bertz CT molecular complexity index is 1010. The molecule has 1 N–H and O–H groups in total. The van der Waals surface area contributed by atoms with E-state index in [2.05, 4.69) is 12.2 Å². The Morgan fingerprint density at radius 1 is 0.879 bits per heavy atom. The second kappa shape index (κ2) is 11.7. The lowest BCUT2D eigenvalue weighted by Gasteiger charge is -2.15. The monoisotopic (exact) mass is 450 g/mol. The van der Waals surface area contributed by atoms with Gasteiger partial charge in [0, 0.05) is 25.4 Å². The number of amides is 2. The molecule has 3 rings (SSSR count). The quantitative estimate of drug-likeness (QED) is 0.360. The topological polar surface area (TPSA) is 67.9 Å². The first-order chi connectivity index (χ1) is 16.0. The number of nitrogens with one attached hydrogen (secondary N) is 1. The number of benzene rings is 2. The lowest BCUT2D eigenvalue weighted by Crippen LogP contribution is -2.34. The van der Waals surface area contributed by atoms with E-state index in [1.54, 1.807) is 0 Å². The number of nitrogens with zero attached hydrogens (tertiary/aromatic N) is 1. The first-order valence-electron chi connectivity index (χ1n) is 11.7. The first kappa shape index (κ1) is 24.5. The second-order valence-corrected chi connectivity index (χ2v) is 8.21. The standard InChI is InChI=1S/C27H34N2O4/c1-5-7-16-32-17-8-15-29-26(30)24(21-10-9-19(3)20(4)18-21)25(27(29)31)28-22-11-13-23(14-12-22)33-6-2/h9-14,18,28H,5-8,15-17H2,1-4H3. The molecule has 2 amide bonds. The largest absolute Gasteiger partial charge is 0.494 e. The minimum Gasteiger partial charge on any atom is -0.494 e. The van der Waals surface area contributed by atoms with Gasteiger partial charge in [0.25, 0.3) is 11.8 Å². The average Bonchev–Trinajstić information content (AvgIpc) is 3.03. The highest BCUT2D eigenvalue weighted by Crippen LogP contribution is 2.32. The van der Waals surface area contributed by atoms with E-state index >= 15 is 0 Å². The summed E-state index contributed by atoms with van der Waals surface area (Å²) in [5.74, 6) is 0.172. The molecule has 33 heavy (non-hydrogen) atoms. The molecule has 0 atom stereocenters. The molecule has 0 unspecified atom stereocenters. The summed E-state index contributed by atoms with van der Waals surface area (Å²) in [5, 5.41) is 3.20. The van der Waals surface area contributed by atoms with Gasteiger partial charge in [0.2, 0.25) is 0 Å². The van der Waals surface area contributed by atoms with Crippen molar-refractivity contribution in [2.24, 2.45) is 0 Å². The lowest BCUT2D eigenvalue weighted by molar-refractivity contribution is -0.137. The number of carbonyl (C=O) groups is 2. The molecule has 2 aromatic carbocycles. The minimum absolute atomic E-state index is 0.273. The second-order valence-electron chi connectivity index (χ2n) is 8.21. The highest BCUT2D eigenvalue weighted by molar-refractivity contribution is 6.36. The van der Waals surface area contributed by atoms with Gasteiger partial charge in [-0.3, -0.25) is 14.5 Å². The SMILES string of the molecule is CCCCOCCCN1C(=O)C(Nc2ccc(OCC)cc2)=C(c2ccc(C)c(C)c2)C1=O. The number of anilines is 1. The maximum Gasteiger partial charge on any atom is 0.278 e. The number of unbranched alkanes of at least 4 members (excludes halogenated alkanes) is 1. The van der Waals surface area contributed by atoms with Crippen LogP contribution in [0.25, 0.3) is 5.57 Å². The van der Waals surface area contributed by atoms with Gasteiger partial charge in [0.15, 0.2) is 0 Å². The Morgan fingerprint density at radius 2 is 1.61 bits per heavy atom. The van der Waals surface area contributed by atoms with Crippen molar-refractivity contribution < 1.29 is 19.1 Å². The van der Waals surface area contributed by atoms with Crippen LogP contribution in [-0.2, 0) is 14.3 Å². The van der Waals surface area contributed by atoms with Crippen molar-refractivity contribution in [1.82, 2.24) is 4.90 Å². The van der Waals surface area contributed by atoms with Crippen LogP contribution in [0.3, 0.4) is 0 Å². The van der Waals surface area contributed by atoms with E-state index in [1.165, 1.54) is 4.90 Å². The molecule has 6 heteroatoms. The molecule has 1 aliphatic rings. The fourth-order valence-electron chi connectivity index (χ4n) is 3.68. The van der Waals surface area contributed by atoms with Gasteiger partial charge in [0.05, 0.1) is 12.2 Å². The highest BCUT2D eigenvalue weighted by Gasteiger charge is 2.39.